The van der Waals surface area contributed by atoms with Crippen LogP contribution in [-0.2, 0) is 11.3 Å². The molecule has 6 nitrogen and oxygen atoms in total. The third-order valence-electron chi connectivity index (χ3n) is 4.74. The highest BCUT2D eigenvalue weighted by Gasteiger charge is 2.30. The van der Waals surface area contributed by atoms with Crippen LogP contribution in [0.25, 0.3) is 0 Å². The molecule has 0 bridgehead atoms. The topological polar surface area (TPSA) is 74.4 Å². The van der Waals surface area contributed by atoms with Crippen molar-refractivity contribution in [2.75, 3.05) is 31.2 Å². The average molecular weight is 365 g/mol. The summed E-state index contributed by atoms with van der Waals surface area (Å²) in [5.74, 6) is 1.96. The van der Waals surface area contributed by atoms with Crippen molar-refractivity contribution < 1.29 is 9.53 Å². The van der Waals surface area contributed by atoms with E-state index in [-0.39, 0.29) is 28.7 Å². The van der Waals surface area contributed by atoms with E-state index in [4.69, 9.17) is 4.74 Å². The van der Waals surface area contributed by atoms with Crippen LogP contribution in [-0.4, -0.2) is 58.6 Å². The van der Waals surface area contributed by atoms with E-state index in [1.165, 1.54) is 0 Å². The monoisotopic (exact) mass is 365 g/mol. The molecule has 3 rings (SSSR count). The molecule has 0 spiro atoms. The predicted octanol–water partition coefficient (Wildman–Crippen LogP) is 1.61. The van der Waals surface area contributed by atoms with Crippen molar-refractivity contribution in [2.24, 2.45) is 0 Å². The number of carbonyl (C=O) groups is 1. The maximum atomic E-state index is 12.5. The molecule has 2 aliphatic heterocycles. The molecule has 2 saturated heterocycles. The first kappa shape index (κ1) is 18.5. The van der Waals surface area contributed by atoms with Crippen LogP contribution in [0, 0.1) is 0 Å². The fourth-order valence-corrected chi connectivity index (χ4v) is 4.38. The van der Waals surface area contributed by atoms with Gasteiger partial charge < -0.3 is 15.0 Å². The molecular weight excluding hydrogens is 338 g/mol. The van der Waals surface area contributed by atoms with Gasteiger partial charge in [-0.25, -0.2) is 0 Å². The first-order valence-corrected chi connectivity index (χ1v) is 10.1. The highest BCUT2D eigenvalue weighted by molar-refractivity contribution is 7.99. The summed E-state index contributed by atoms with van der Waals surface area (Å²) in [6, 6.07) is 3.54. The minimum atomic E-state index is -0.312. The Balaban J connectivity index is 1.62. The highest BCUT2D eigenvalue weighted by atomic mass is 32.2. The summed E-state index contributed by atoms with van der Waals surface area (Å²) in [6.45, 7) is 7.47. The zero-order chi connectivity index (χ0) is 17.9. The molecule has 1 amide bonds. The zero-order valence-corrected chi connectivity index (χ0v) is 15.8. The summed E-state index contributed by atoms with van der Waals surface area (Å²) < 4.78 is 5.67. The number of aromatic nitrogens is 1. The van der Waals surface area contributed by atoms with Crippen LogP contribution >= 0.6 is 11.8 Å². The van der Waals surface area contributed by atoms with Gasteiger partial charge in [0.25, 0.3) is 11.5 Å². The van der Waals surface area contributed by atoms with Crippen molar-refractivity contribution in [3.8, 4) is 0 Å². The lowest BCUT2D eigenvalue weighted by molar-refractivity contribution is -0.0615. The SMILES string of the molecule is CC1(C)CC(NC(=O)c2ccc(CN3CCSCC3)[nH]c2=O)CCO1. The van der Waals surface area contributed by atoms with E-state index < -0.39 is 0 Å². The number of amides is 1. The van der Waals surface area contributed by atoms with Crippen molar-refractivity contribution in [1.82, 2.24) is 15.2 Å². The van der Waals surface area contributed by atoms with Crippen LogP contribution in [0.2, 0.25) is 0 Å². The van der Waals surface area contributed by atoms with Gasteiger partial charge in [0, 0.05) is 49.5 Å². The van der Waals surface area contributed by atoms with Crippen molar-refractivity contribution >= 4 is 17.7 Å². The van der Waals surface area contributed by atoms with E-state index in [0.717, 1.165) is 49.7 Å². The third kappa shape index (κ3) is 5.09. The molecule has 3 heterocycles. The highest BCUT2D eigenvalue weighted by Crippen LogP contribution is 2.24. The smallest absolute Gasteiger partial charge is 0.261 e. The predicted molar refractivity (Wildman–Crippen MR) is 100 cm³/mol. The number of nitrogens with one attached hydrogen (secondary N) is 2. The second-order valence-corrected chi connectivity index (χ2v) is 8.61. The summed E-state index contributed by atoms with van der Waals surface area (Å²) in [5, 5.41) is 2.98. The molecular formula is C18H27N3O3S. The van der Waals surface area contributed by atoms with Gasteiger partial charge in [0.15, 0.2) is 0 Å². The number of carbonyl (C=O) groups excluding carboxylic acids is 1. The second-order valence-electron chi connectivity index (χ2n) is 7.39. The lowest BCUT2D eigenvalue weighted by Gasteiger charge is -2.35. The first-order chi connectivity index (χ1) is 11.9. The molecule has 138 valence electrons. The maximum Gasteiger partial charge on any atom is 0.261 e. The largest absolute Gasteiger partial charge is 0.375 e. The Morgan fingerprint density at radius 1 is 1.40 bits per heavy atom. The molecule has 2 aliphatic rings. The lowest BCUT2D eigenvalue weighted by Crippen LogP contribution is -2.46. The average Bonchev–Trinajstić information content (AvgIpc) is 2.55. The number of hydrogen-bond acceptors (Lipinski definition) is 5. The summed E-state index contributed by atoms with van der Waals surface area (Å²) in [6.07, 6.45) is 1.53. The van der Waals surface area contributed by atoms with E-state index in [1.54, 1.807) is 6.07 Å². The number of hydrogen-bond donors (Lipinski definition) is 2. The van der Waals surface area contributed by atoms with Gasteiger partial charge in [0.2, 0.25) is 0 Å². The van der Waals surface area contributed by atoms with Gasteiger partial charge in [0.1, 0.15) is 5.56 Å². The van der Waals surface area contributed by atoms with Crippen LogP contribution in [0.1, 0.15) is 42.7 Å². The number of nitrogens with zero attached hydrogens (tertiary/aromatic N) is 1. The van der Waals surface area contributed by atoms with Gasteiger partial charge in [-0.05, 0) is 38.8 Å². The normalized spacial score (nSPS) is 24.0. The van der Waals surface area contributed by atoms with E-state index in [0.29, 0.717) is 6.61 Å². The van der Waals surface area contributed by atoms with Gasteiger partial charge in [0.05, 0.1) is 5.60 Å². The minimum absolute atomic E-state index is 0.0428. The molecule has 2 N–H and O–H groups in total. The summed E-state index contributed by atoms with van der Waals surface area (Å²) in [5.41, 5.74) is 0.495. The fraction of sp³-hybridized carbons (Fsp3) is 0.667. The Morgan fingerprint density at radius 3 is 2.84 bits per heavy atom. The molecule has 0 radical (unpaired) electrons. The van der Waals surface area contributed by atoms with Crippen LogP contribution < -0.4 is 10.9 Å². The van der Waals surface area contributed by atoms with Crippen molar-refractivity contribution in [3.05, 3.63) is 33.7 Å². The number of aromatic amines is 1. The van der Waals surface area contributed by atoms with Crippen molar-refractivity contribution in [2.45, 2.75) is 44.9 Å². The van der Waals surface area contributed by atoms with Crippen LogP contribution in [0.3, 0.4) is 0 Å². The van der Waals surface area contributed by atoms with Gasteiger partial charge >= 0.3 is 0 Å². The van der Waals surface area contributed by atoms with E-state index >= 15 is 0 Å². The fourth-order valence-electron chi connectivity index (χ4n) is 3.40. The Hall–Kier alpha value is -1.31. The Bertz CT molecular complexity index is 668. The van der Waals surface area contributed by atoms with Crippen molar-refractivity contribution in [3.63, 3.8) is 0 Å². The molecule has 2 fully saturated rings. The second kappa shape index (κ2) is 7.93. The van der Waals surface area contributed by atoms with E-state index in [1.807, 2.05) is 31.7 Å². The molecule has 1 aromatic heterocycles. The van der Waals surface area contributed by atoms with Crippen LogP contribution in [0.4, 0.5) is 0 Å². The van der Waals surface area contributed by atoms with Gasteiger partial charge in [-0.1, -0.05) is 0 Å². The van der Waals surface area contributed by atoms with Crippen LogP contribution in [0.5, 0.6) is 0 Å². The van der Waals surface area contributed by atoms with Gasteiger partial charge in [-0.15, -0.1) is 0 Å². The maximum absolute atomic E-state index is 12.5. The molecule has 25 heavy (non-hydrogen) atoms. The Kier molecular flexibility index (Phi) is 5.86. The summed E-state index contributed by atoms with van der Waals surface area (Å²) in [4.78, 5) is 30.0. The van der Waals surface area contributed by atoms with Crippen LogP contribution in [0.15, 0.2) is 16.9 Å². The quantitative estimate of drug-likeness (QED) is 0.848. The van der Waals surface area contributed by atoms with Crippen molar-refractivity contribution in [1.29, 1.82) is 0 Å². The molecule has 0 aromatic carbocycles. The van der Waals surface area contributed by atoms with E-state index in [9.17, 15) is 9.59 Å². The molecule has 0 aliphatic carbocycles. The van der Waals surface area contributed by atoms with E-state index in [2.05, 4.69) is 15.2 Å². The lowest BCUT2D eigenvalue weighted by atomic mass is 9.94. The number of rotatable bonds is 4. The molecule has 1 unspecified atom stereocenters. The minimum Gasteiger partial charge on any atom is -0.375 e. The third-order valence-corrected chi connectivity index (χ3v) is 5.69. The standard InChI is InChI=1S/C18H27N3O3S/c1-18(2)11-13(5-8-24-18)19-16(22)15-4-3-14(20-17(15)23)12-21-6-9-25-10-7-21/h3-4,13H,5-12H2,1-2H3,(H,19,22)(H,20,23). The summed E-state index contributed by atoms with van der Waals surface area (Å²) in [7, 11) is 0. The molecule has 7 heteroatoms. The zero-order valence-electron chi connectivity index (χ0n) is 15.0. The molecule has 1 aromatic rings. The molecule has 1 atom stereocenters. The number of pyridine rings is 1. The number of H-pyrrole nitrogens is 1. The Morgan fingerprint density at radius 2 is 2.16 bits per heavy atom. The number of thioether (sulfide) groups is 1. The summed E-state index contributed by atoms with van der Waals surface area (Å²) >= 11 is 1.96. The molecule has 0 saturated carbocycles. The Labute approximate surface area is 152 Å². The number of ether oxygens (including phenoxy) is 1. The first-order valence-electron chi connectivity index (χ1n) is 8.90. The van der Waals surface area contributed by atoms with Gasteiger partial charge in [-0.3, -0.25) is 14.5 Å². The van der Waals surface area contributed by atoms with Gasteiger partial charge in [-0.2, -0.15) is 11.8 Å².